The van der Waals surface area contributed by atoms with Crippen LogP contribution in [0.25, 0.3) is 11.1 Å². The number of rotatable bonds is 2. The molecule has 0 unspecified atom stereocenters. The normalized spacial score (nSPS) is 11.1. The average Bonchev–Trinajstić information content (AvgIpc) is 2.33. The zero-order valence-corrected chi connectivity index (χ0v) is 11.5. The summed E-state index contributed by atoms with van der Waals surface area (Å²) in [4.78, 5) is 0. The number of alkyl halides is 2. The van der Waals surface area contributed by atoms with E-state index in [1.165, 1.54) is 18.2 Å². The fraction of sp³-hybridized carbons (Fsp3) is 0.0769. The largest absolute Gasteiger partial charge is 0.266 e. The van der Waals surface area contributed by atoms with Crippen LogP contribution in [-0.4, -0.2) is 0 Å². The van der Waals surface area contributed by atoms with Gasteiger partial charge in [-0.2, -0.15) is 0 Å². The minimum Gasteiger partial charge on any atom is -0.206 e. The van der Waals surface area contributed by atoms with Gasteiger partial charge in [0.15, 0.2) is 0 Å². The van der Waals surface area contributed by atoms with Crippen LogP contribution in [0.3, 0.4) is 0 Å². The van der Waals surface area contributed by atoms with E-state index in [4.69, 9.17) is 34.8 Å². The van der Waals surface area contributed by atoms with Crippen LogP contribution >= 0.6 is 34.8 Å². The lowest BCUT2D eigenvalue weighted by Gasteiger charge is -2.09. The molecule has 100 valence electrons. The van der Waals surface area contributed by atoms with Crippen molar-refractivity contribution in [1.82, 2.24) is 0 Å². The molecule has 6 heteroatoms. The highest BCUT2D eigenvalue weighted by Gasteiger charge is 2.15. The smallest absolute Gasteiger partial charge is 0.206 e. The maximum absolute atomic E-state index is 13.5. The summed E-state index contributed by atoms with van der Waals surface area (Å²) in [6.45, 7) is 0. The molecule has 0 fully saturated rings. The van der Waals surface area contributed by atoms with Gasteiger partial charge in [0.25, 0.3) is 6.43 Å². The Bertz CT molecular complexity index is 627. The molecule has 19 heavy (non-hydrogen) atoms. The van der Waals surface area contributed by atoms with Crippen molar-refractivity contribution in [1.29, 1.82) is 0 Å². The van der Waals surface area contributed by atoms with Crippen LogP contribution in [0.4, 0.5) is 13.2 Å². The summed E-state index contributed by atoms with van der Waals surface area (Å²) in [5.41, 5.74) is 0.126. The van der Waals surface area contributed by atoms with Gasteiger partial charge in [-0.25, -0.2) is 13.2 Å². The second-order valence-electron chi connectivity index (χ2n) is 3.78. The van der Waals surface area contributed by atoms with E-state index in [0.717, 1.165) is 12.1 Å². The van der Waals surface area contributed by atoms with E-state index in [0.29, 0.717) is 11.1 Å². The molecule has 0 aliphatic carbocycles. The van der Waals surface area contributed by atoms with Crippen LogP contribution in [-0.2, 0) is 0 Å². The van der Waals surface area contributed by atoms with Crippen molar-refractivity contribution in [3.05, 3.63) is 56.8 Å². The number of hydrogen-bond donors (Lipinski definition) is 0. The molecule has 0 saturated heterocycles. The summed E-state index contributed by atoms with van der Waals surface area (Å²) in [6, 6.07) is 6.25. The Morgan fingerprint density at radius 1 is 0.842 bits per heavy atom. The Morgan fingerprint density at radius 2 is 1.47 bits per heavy atom. The van der Waals surface area contributed by atoms with Gasteiger partial charge in [-0.15, -0.1) is 0 Å². The van der Waals surface area contributed by atoms with Crippen LogP contribution in [0, 0.1) is 5.82 Å². The van der Waals surface area contributed by atoms with Gasteiger partial charge >= 0.3 is 0 Å². The first kappa shape index (κ1) is 14.5. The Labute approximate surface area is 122 Å². The Hall–Kier alpha value is -0.900. The van der Waals surface area contributed by atoms with Crippen molar-refractivity contribution >= 4 is 34.8 Å². The van der Waals surface area contributed by atoms with Gasteiger partial charge in [0.2, 0.25) is 0 Å². The minimum atomic E-state index is -2.86. The number of halogens is 6. The summed E-state index contributed by atoms with van der Waals surface area (Å²) in [5.74, 6) is -0.991. The molecular weight excluding hydrogens is 319 g/mol. The number of hydrogen-bond acceptors (Lipinski definition) is 0. The monoisotopic (exact) mass is 324 g/mol. The third-order valence-electron chi connectivity index (χ3n) is 2.56. The molecule has 0 saturated carbocycles. The van der Waals surface area contributed by atoms with Crippen molar-refractivity contribution in [2.75, 3.05) is 0 Å². The van der Waals surface area contributed by atoms with Gasteiger partial charge < -0.3 is 0 Å². The maximum Gasteiger partial charge on any atom is 0.266 e. The van der Waals surface area contributed by atoms with E-state index >= 15 is 0 Å². The molecule has 0 spiro atoms. The van der Waals surface area contributed by atoms with Crippen LogP contribution in [0.2, 0.25) is 15.1 Å². The van der Waals surface area contributed by atoms with Gasteiger partial charge in [0, 0.05) is 10.6 Å². The SMILES string of the molecule is Fc1cc(-c2cc(Cl)c(Cl)cc2Cl)ccc1C(F)F. The molecule has 0 nitrogen and oxygen atoms in total. The molecule has 0 heterocycles. The van der Waals surface area contributed by atoms with Crippen molar-refractivity contribution in [3.63, 3.8) is 0 Å². The lowest BCUT2D eigenvalue weighted by Crippen LogP contribution is -1.91. The van der Waals surface area contributed by atoms with E-state index in [1.54, 1.807) is 0 Å². The molecule has 0 amide bonds. The lowest BCUT2D eigenvalue weighted by atomic mass is 10.0. The van der Waals surface area contributed by atoms with E-state index in [1.807, 2.05) is 0 Å². The van der Waals surface area contributed by atoms with E-state index in [-0.39, 0.29) is 15.1 Å². The third-order valence-corrected chi connectivity index (χ3v) is 3.59. The molecule has 0 bridgehead atoms. The average molecular weight is 326 g/mol. The second kappa shape index (κ2) is 5.61. The van der Waals surface area contributed by atoms with E-state index in [2.05, 4.69) is 0 Å². The first-order valence-corrected chi connectivity index (χ1v) is 6.26. The lowest BCUT2D eigenvalue weighted by molar-refractivity contribution is 0.146. The maximum atomic E-state index is 13.5. The molecule has 0 radical (unpaired) electrons. The highest BCUT2D eigenvalue weighted by atomic mass is 35.5. The van der Waals surface area contributed by atoms with Crippen molar-refractivity contribution < 1.29 is 13.2 Å². The third kappa shape index (κ3) is 2.99. The summed E-state index contributed by atoms with van der Waals surface area (Å²) < 4.78 is 38.4. The van der Waals surface area contributed by atoms with Gasteiger partial charge in [0.05, 0.1) is 15.6 Å². The molecule has 0 atom stereocenters. The predicted octanol–water partition coefficient (Wildman–Crippen LogP) is 6.39. The van der Waals surface area contributed by atoms with Crippen LogP contribution < -0.4 is 0 Å². The van der Waals surface area contributed by atoms with Crippen molar-refractivity contribution in [3.8, 4) is 11.1 Å². The van der Waals surface area contributed by atoms with Crippen molar-refractivity contribution in [2.45, 2.75) is 6.43 Å². The Morgan fingerprint density at radius 3 is 2.05 bits per heavy atom. The molecular formula is C13H6Cl3F3. The standard InChI is InChI=1S/C13H6Cl3F3/c14-9-5-11(16)10(15)4-8(9)6-1-2-7(13(18)19)12(17)3-6/h1-5,13H. The molecule has 2 rings (SSSR count). The highest BCUT2D eigenvalue weighted by Crippen LogP contribution is 2.36. The van der Waals surface area contributed by atoms with Gasteiger partial charge in [-0.3, -0.25) is 0 Å². The van der Waals surface area contributed by atoms with E-state index in [9.17, 15) is 13.2 Å². The first-order chi connectivity index (χ1) is 8.90. The summed E-state index contributed by atoms with van der Waals surface area (Å²) in [7, 11) is 0. The Kier molecular flexibility index (Phi) is 4.29. The molecule has 0 aliphatic rings. The molecule has 2 aromatic carbocycles. The topological polar surface area (TPSA) is 0 Å². The summed E-state index contributed by atoms with van der Waals surface area (Å²) in [6.07, 6.45) is -2.86. The van der Waals surface area contributed by atoms with Crippen LogP contribution in [0.15, 0.2) is 30.3 Å². The molecule has 0 N–H and O–H groups in total. The second-order valence-corrected chi connectivity index (χ2v) is 5.00. The Balaban J connectivity index is 2.54. The fourth-order valence-corrected chi connectivity index (χ4v) is 2.27. The summed E-state index contributed by atoms with van der Waals surface area (Å²) >= 11 is 17.6. The molecule has 0 aromatic heterocycles. The minimum absolute atomic E-state index is 0.249. The first-order valence-electron chi connectivity index (χ1n) is 5.12. The van der Waals surface area contributed by atoms with Crippen molar-refractivity contribution in [2.24, 2.45) is 0 Å². The van der Waals surface area contributed by atoms with Crippen LogP contribution in [0.1, 0.15) is 12.0 Å². The quantitative estimate of drug-likeness (QED) is 0.561. The van der Waals surface area contributed by atoms with Crippen LogP contribution in [0.5, 0.6) is 0 Å². The predicted molar refractivity (Wildman–Crippen MR) is 71.8 cm³/mol. The molecule has 2 aromatic rings. The van der Waals surface area contributed by atoms with Gasteiger partial charge in [-0.1, -0.05) is 40.9 Å². The zero-order valence-electron chi connectivity index (χ0n) is 9.23. The number of benzene rings is 2. The van der Waals surface area contributed by atoms with Gasteiger partial charge in [0.1, 0.15) is 5.82 Å². The van der Waals surface area contributed by atoms with E-state index < -0.39 is 17.8 Å². The fourth-order valence-electron chi connectivity index (χ4n) is 1.62. The summed E-state index contributed by atoms with van der Waals surface area (Å²) in [5, 5.41) is 0.776. The zero-order chi connectivity index (χ0) is 14.2. The van der Waals surface area contributed by atoms with Gasteiger partial charge in [-0.05, 0) is 29.8 Å². The molecule has 0 aliphatic heterocycles. The highest BCUT2D eigenvalue weighted by molar-refractivity contribution is 6.44.